The summed E-state index contributed by atoms with van der Waals surface area (Å²) in [6.07, 6.45) is 0.638. The van der Waals surface area contributed by atoms with Crippen molar-refractivity contribution in [1.29, 1.82) is 0 Å². The minimum Gasteiger partial charge on any atom is -0.325 e. The molecule has 1 atom stereocenters. The molecule has 2 aromatic rings. The first-order valence-electron chi connectivity index (χ1n) is 8.66. The van der Waals surface area contributed by atoms with Gasteiger partial charge in [0.25, 0.3) is 5.56 Å². The summed E-state index contributed by atoms with van der Waals surface area (Å²) in [5.74, 6) is 1.58. The fourth-order valence-electron chi connectivity index (χ4n) is 2.38. The number of anilines is 1. The number of nitrogens with one attached hydrogen (secondary N) is 2. The van der Waals surface area contributed by atoms with Crippen molar-refractivity contribution < 1.29 is 4.79 Å². The highest BCUT2D eigenvalue weighted by molar-refractivity contribution is 8.00. The lowest BCUT2D eigenvalue weighted by Gasteiger charge is -2.16. The maximum absolute atomic E-state index is 12.7. The van der Waals surface area contributed by atoms with Gasteiger partial charge in [0, 0.05) is 17.5 Å². The van der Waals surface area contributed by atoms with Crippen LogP contribution in [0.2, 0.25) is 0 Å². The fourth-order valence-corrected chi connectivity index (χ4v) is 3.87. The van der Waals surface area contributed by atoms with E-state index < -0.39 is 0 Å². The van der Waals surface area contributed by atoms with E-state index in [1.807, 2.05) is 39.0 Å². The molecule has 1 aromatic heterocycles. The van der Waals surface area contributed by atoms with Gasteiger partial charge in [-0.15, -0.1) is 0 Å². The van der Waals surface area contributed by atoms with Crippen LogP contribution in [0.4, 0.5) is 5.69 Å². The summed E-state index contributed by atoms with van der Waals surface area (Å²) in [6.45, 7) is 8.03. The van der Waals surface area contributed by atoms with Gasteiger partial charge in [-0.25, -0.2) is 4.98 Å². The second-order valence-electron chi connectivity index (χ2n) is 5.93. The van der Waals surface area contributed by atoms with Crippen molar-refractivity contribution in [3.63, 3.8) is 0 Å². The molecule has 1 aromatic carbocycles. The Hall–Kier alpha value is -1.73. The first kappa shape index (κ1) is 20.6. The summed E-state index contributed by atoms with van der Waals surface area (Å²) in [5.41, 5.74) is 3.58. The highest BCUT2D eigenvalue weighted by atomic mass is 32.2. The van der Waals surface area contributed by atoms with Crippen molar-refractivity contribution in [1.82, 2.24) is 9.97 Å². The molecule has 0 aliphatic rings. The Morgan fingerprint density at radius 2 is 2.08 bits per heavy atom. The number of hydrogen-bond donors (Lipinski definition) is 2. The second kappa shape index (κ2) is 9.83. The Morgan fingerprint density at radius 3 is 2.77 bits per heavy atom. The van der Waals surface area contributed by atoms with E-state index in [4.69, 9.17) is 0 Å². The van der Waals surface area contributed by atoms with Crippen LogP contribution in [0, 0.1) is 13.8 Å². The first-order valence-corrected chi connectivity index (χ1v) is 10.7. The normalized spacial score (nSPS) is 12.0. The quantitative estimate of drug-likeness (QED) is 0.522. The average molecular weight is 392 g/mol. The molecule has 5 nitrogen and oxygen atoms in total. The largest absolute Gasteiger partial charge is 0.325 e. The van der Waals surface area contributed by atoms with Crippen LogP contribution in [-0.4, -0.2) is 26.9 Å². The molecule has 140 valence electrons. The number of rotatable bonds is 8. The van der Waals surface area contributed by atoms with Gasteiger partial charge in [0.2, 0.25) is 5.91 Å². The van der Waals surface area contributed by atoms with Crippen LogP contribution in [-0.2, 0) is 10.5 Å². The molecule has 0 saturated heterocycles. The Morgan fingerprint density at radius 1 is 1.31 bits per heavy atom. The van der Waals surface area contributed by atoms with E-state index in [0.717, 1.165) is 28.3 Å². The fraction of sp³-hybridized carbons (Fsp3) is 0.421. The third kappa shape index (κ3) is 5.64. The molecule has 7 heteroatoms. The number of thioether (sulfide) groups is 2. The zero-order valence-electron chi connectivity index (χ0n) is 15.6. The second-order valence-corrected chi connectivity index (χ2v) is 8.40. The van der Waals surface area contributed by atoms with E-state index in [1.54, 1.807) is 11.8 Å². The lowest BCUT2D eigenvalue weighted by molar-refractivity contribution is -0.115. The van der Waals surface area contributed by atoms with E-state index in [9.17, 15) is 9.59 Å². The number of H-pyrrole nitrogens is 1. The molecule has 26 heavy (non-hydrogen) atoms. The topological polar surface area (TPSA) is 74.8 Å². The molecule has 1 unspecified atom stereocenters. The van der Waals surface area contributed by atoms with Gasteiger partial charge in [-0.1, -0.05) is 37.7 Å². The molecular weight excluding hydrogens is 366 g/mol. The summed E-state index contributed by atoms with van der Waals surface area (Å²) in [7, 11) is 0. The number of nitrogens with zero attached hydrogens (tertiary/aromatic N) is 1. The number of hydrogen-bond acceptors (Lipinski definition) is 5. The van der Waals surface area contributed by atoms with Crippen molar-refractivity contribution in [3.8, 4) is 0 Å². The van der Waals surface area contributed by atoms with Crippen molar-refractivity contribution in [2.75, 3.05) is 11.1 Å². The van der Waals surface area contributed by atoms with Crippen LogP contribution < -0.4 is 10.9 Å². The van der Waals surface area contributed by atoms with Gasteiger partial charge in [0.15, 0.2) is 5.16 Å². The summed E-state index contributed by atoms with van der Waals surface area (Å²) in [5, 5.41) is 3.17. The van der Waals surface area contributed by atoms with E-state index in [1.165, 1.54) is 17.8 Å². The predicted octanol–water partition coefficient (Wildman–Crippen LogP) is 4.15. The number of carbonyl (C=O) groups is 1. The molecule has 1 heterocycles. The zero-order chi connectivity index (χ0) is 19.1. The van der Waals surface area contributed by atoms with Gasteiger partial charge < -0.3 is 10.3 Å². The Bertz CT molecular complexity index is 821. The van der Waals surface area contributed by atoms with Gasteiger partial charge >= 0.3 is 0 Å². The number of aromatic nitrogens is 2. The summed E-state index contributed by atoms with van der Waals surface area (Å²) in [6, 6.07) is 7.37. The van der Waals surface area contributed by atoms with Crippen molar-refractivity contribution >= 4 is 35.1 Å². The smallest absolute Gasteiger partial charge is 0.251 e. The van der Waals surface area contributed by atoms with Crippen LogP contribution >= 0.6 is 23.5 Å². The molecule has 0 radical (unpaired) electrons. The maximum atomic E-state index is 12.7. The highest BCUT2D eigenvalue weighted by Gasteiger charge is 2.20. The van der Waals surface area contributed by atoms with Crippen molar-refractivity contribution in [3.05, 3.63) is 51.4 Å². The molecule has 0 saturated carbocycles. The highest BCUT2D eigenvalue weighted by Crippen LogP contribution is 2.25. The van der Waals surface area contributed by atoms with Gasteiger partial charge in [0.1, 0.15) is 0 Å². The van der Waals surface area contributed by atoms with Crippen LogP contribution in [0.3, 0.4) is 0 Å². The Labute approximate surface area is 162 Å². The number of amides is 1. The third-order valence-corrected chi connectivity index (χ3v) is 6.16. The number of benzene rings is 1. The van der Waals surface area contributed by atoms with Gasteiger partial charge in [0.05, 0.1) is 10.9 Å². The average Bonchev–Trinajstić information content (AvgIpc) is 2.61. The minimum absolute atomic E-state index is 0.0813. The van der Waals surface area contributed by atoms with Gasteiger partial charge in [-0.05, 0) is 43.2 Å². The monoisotopic (exact) mass is 391 g/mol. The number of carbonyl (C=O) groups excluding carboxylic acids is 1. The molecule has 0 bridgehead atoms. The first-order chi connectivity index (χ1) is 12.4. The molecule has 2 rings (SSSR count). The maximum Gasteiger partial charge on any atom is 0.251 e. The Balaban J connectivity index is 2.13. The number of aryl methyl sites for hydroxylation is 1. The van der Waals surface area contributed by atoms with Gasteiger partial charge in [-0.2, -0.15) is 11.8 Å². The molecule has 1 amide bonds. The van der Waals surface area contributed by atoms with Crippen molar-refractivity contribution in [2.24, 2.45) is 0 Å². The van der Waals surface area contributed by atoms with E-state index in [2.05, 4.69) is 22.2 Å². The lowest BCUT2D eigenvalue weighted by atomic mass is 10.1. The molecule has 2 N–H and O–H groups in total. The molecule has 0 spiro atoms. The van der Waals surface area contributed by atoms with E-state index >= 15 is 0 Å². The Kier molecular flexibility index (Phi) is 7.78. The van der Waals surface area contributed by atoms with Gasteiger partial charge in [-0.3, -0.25) is 9.59 Å². The molecule has 0 aliphatic heterocycles. The van der Waals surface area contributed by atoms with E-state index in [0.29, 0.717) is 17.3 Å². The predicted molar refractivity (Wildman–Crippen MR) is 111 cm³/mol. The zero-order valence-corrected chi connectivity index (χ0v) is 17.2. The van der Waals surface area contributed by atoms with Crippen LogP contribution in [0.15, 0.2) is 34.2 Å². The SMILES string of the molecule is CCSCc1cc(=O)[nH]c(SC(CC)C(=O)Nc2cccc(C)c2C)n1. The summed E-state index contributed by atoms with van der Waals surface area (Å²) < 4.78 is 0. The molecular formula is C19H25N3O2S2. The standard InChI is InChI=1S/C19H25N3O2S2/c1-5-16(18(24)21-15-9-7-8-12(3)13(15)4)26-19-20-14(11-25-6-2)10-17(23)22-19/h7-10,16H,5-6,11H2,1-4H3,(H,21,24)(H,20,22,23). The summed E-state index contributed by atoms with van der Waals surface area (Å²) >= 11 is 3.01. The number of aromatic amines is 1. The van der Waals surface area contributed by atoms with Crippen LogP contribution in [0.1, 0.15) is 37.1 Å². The third-order valence-electron chi connectivity index (χ3n) is 4.01. The molecule has 0 aliphatic carbocycles. The van der Waals surface area contributed by atoms with E-state index in [-0.39, 0.29) is 16.7 Å². The summed E-state index contributed by atoms with van der Waals surface area (Å²) in [4.78, 5) is 31.8. The minimum atomic E-state index is -0.327. The molecule has 0 fully saturated rings. The lowest BCUT2D eigenvalue weighted by Crippen LogP contribution is -2.26. The van der Waals surface area contributed by atoms with Crippen molar-refractivity contribution in [2.45, 2.75) is 50.3 Å². The van der Waals surface area contributed by atoms with Crippen LogP contribution in [0.5, 0.6) is 0 Å². The van der Waals surface area contributed by atoms with Crippen LogP contribution in [0.25, 0.3) is 0 Å².